The lowest BCUT2D eigenvalue weighted by molar-refractivity contribution is -0.134. The summed E-state index contributed by atoms with van der Waals surface area (Å²) in [6.45, 7) is 4.78. The van der Waals surface area contributed by atoms with E-state index in [0.29, 0.717) is 30.6 Å². The monoisotopic (exact) mass is 431 g/mol. The minimum absolute atomic E-state index is 0.0784. The molecule has 0 fully saturated rings. The molecule has 0 N–H and O–H groups in total. The zero-order valence-corrected chi connectivity index (χ0v) is 18.1. The number of amides is 1. The Kier molecular flexibility index (Phi) is 6.65. The summed E-state index contributed by atoms with van der Waals surface area (Å²) in [7, 11) is 0. The van der Waals surface area contributed by atoms with E-state index in [2.05, 4.69) is 10.1 Å². The zero-order chi connectivity index (χ0) is 22.3. The van der Waals surface area contributed by atoms with Gasteiger partial charge in [0, 0.05) is 18.0 Å². The number of hydrogen-bond acceptors (Lipinski definition) is 6. The van der Waals surface area contributed by atoms with Gasteiger partial charge in [0.05, 0.1) is 12.8 Å². The molecule has 0 saturated heterocycles. The fourth-order valence-electron chi connectivity index (χ4n) is 3.14. The summed E-state index contributed by atoms with van der Waals surface area (Å²) < 4.78 is 16.5. The van der Waals surface area contributed by atoms with E-state index in [1.165, 1.54) is 0 Å². The van der Waals surface area contributed by atoms with Crippen molar-refractivity contribution >= 4 is 5.91 Å². The van der Waals surface area contributed by atoms with E-state index in [1.807, 2.05) is 68.4 Å². The van der Waals surface area contributed by atoms with Gasteiger partial charge in [0.1, 0.15) is 11.5 Å². The van der Waals surface area contributed by atoms with Crippen LogP contribution in [0, 0.1) is 0 Å². The Morgan fingerprint density at radius 3 is 2.44 bits per heavy atom. The second-order valence-corrected chi connectivity index (χ2v) is 7.74. The SMILES string of the molecule is CC(C)c1noc(-c2ccc(OCC(=O)N(Cc3ccccc3)Cc3ccco3)cc2)n1. The van der Waals surface area contributed by atoms with Crippen molar-refractivity contribution in [3.63, 3.8) is 0 Å². The Morgan fingerprint density at radius 1 is 1.00 bits per heavy atom. The number of aromatic nitrogens is 2. The standard InChI is InChI=1S/C25H25N3O4/c1-18(2)24-26-25(32-27-24)20-10-12-21(13-11-20)31-17-23(29)28(16-22-9-6-14-30-22)15-19-7-4-3-5-8-19/h3-14,18H,15-17H2,1-2H3. The maximum Gasteiger partial charge on any atom is 0.261 e. The van der Waals surface area contributed by atoms with Crippen molar-refractivity contribution in [2.75, 3.05) is 6.61 Å². The van der Waals surface area contributed by atoms with Gasteiger partial charge in [-0.1, -0.05) is 49.3 Å². The number of carbonyl (C=O) groups is 1. The molecule has 164 valence electrons. The summed E-state index contributed by atoms with van der Waals surface area (Å²) in [6, 6.07) is 20.8. The van der Waals surface area contributed by atoms with Crippen LogP contribution in [0.3, 0.4) is 0 Å². The third-order valence-corrected chi connectivity index (χ3v) is 4.92. The summed E-state index contributed by atoms with van der Waals surface area (Å²) in [5.41, 5.74) is 1.84. The van der Waals surface area contributed by atoms with Crippen molar-refractivity contribution in [1.29, 1.82) is 0 Å². The van der Waals surface area contributed by atoms with Gasteiger partial charge in [-0.2, -0.15) is 4.98 Å². The molecule has 1 amide bonds. The van der Waals surface area contributed by atoms with Crippen LogP contribution in [0.1, 0.15) is 36.9 Å². The maximum absolute atomic E-state index is 12.9. The molecule has 0 aliphatic rings. The Labute approximate surface area is 186 Å². The molecule has 0 unspecified atom stereocenters. The van der Waals surface area contributed by atoms with E-state index in [9.17, 15) is 4.79 Å². The minimum Gasteiger partial charge on any atom is -0.484 e. The van der Waals surface area contributed by atoms with E-state index < -0.39 is 0 Å². The molecule has 0 aliphatic carbocycles. The molecule has 7 heteroatoms. The van der Waals surface area contributed by atoms with Crippen LogP contribution in [0.25, 0.3) is 11.5 Å². The van der Waals surface area contributed by atoms with E-state index in [0.717, 1.165) is 16.9 Å². The van der Waals surface area contributed by atoms with Crippen molar-refractivity contribution in [2.24, 2.45) is 0 Å². The fourth-order valence-corrected chi connectivity index (χ4v) is 3.14. The summed E-state index contributed by atoms with van der Waals surface area (Å²) >= 11 is 0. The van der Waals surface area contributed by atoms with Gasteiger partial charge in [-0.05, 0) is 42.0 Å². The van der Waals surface area contributed by atoms with Gasteiger partial charge in [0.15, 0.2) is 12.4 Å². The lowest BCUT2D eigenvalue weighted by Crippen LogP contribution is -2.34. The molecule has 7 nitrogen and oxygen atoms in total. The second-order valence-electron chi connectivity index (χ2n) is 7.74. The highest BCUT2D eigenvalue weighted by atomic mass is 16.5. The van der Waals surface area contributed by atoms with Gasteiger partial charge in [0.2, 0.25) is 0 Å². The topological polar surface area (TPSA) is 81.6 Å². The molecule has 0 spiro atoms. The second kappa shape index (κ2) is 9.96. The number of furan rings is 1. The Bertz CT molecular complexity index is 1120. The van der Waals surface area contributed by atoms with Crippen LogP contribution in [0.2, 0.25) is 0 Å². The van der Waals surface area contributed by atoms with Gasteiger partial charge >= 0.3 is 0 Å². The molecule has 0 radical (unpaired) electrons. The van der Waals surface area contributed by atoms with Crippen LogP contribution in [-0.2, 0) is 17.9 Å². The first-order valence-corrected chi connectivity index (χ1v) is 10.5. The van der Waals surface area contributed by atoms with Crippen molar-refractivity contribution in [1.82, 2.24) is 15.0 Å². The zero-order valence-electron chi connectivity index (χ0n) is 18.1. The van der Waals surface area contributed by atoms with Crippen LogP contribution >= 0.6 is 0 Å². The Morgan fingerprint density at radius 2 is 1.78 bits per heavy atom. The van der Waals surface area contributed by atoms with Crippen LogP contribution in [0.15, 0.2) is 81.9 Å². The highest BCUT2D eigenvalue weighted by molar-refractivity contribution is 5.77. The quantitative estimate of drug-likeness (QED) is 0.368. The highest BCUT2D eigenvalue weighted by Crippen LogP contribution is 2.23. The number of benzene rings is 2. The van der Waals surface area contributed by atoms with E-state index in [-0.39, 0.29) is 18.4 Å². The van der Waals surface area contributed by atoms with Crippen LogP contribution in [-0.4, -0.2) is 27.6 Å². The number of carbonyl (C=O) groups excluding carboxylic acids is 1. The summed E-state index contributed by atoms with van der Waals surface area (Å²) in [4.78, 5) is 19.0. The minimum atomic E-state index is -0.132. The third-order valence-electron chi connectivity index (χ3n) is 4.92. The van der Waals surface area contributed by atoms with Crippen LogP contribution in [0.4, 0.5) is 0 Å². The number of ether oxygens (including phenoxy) is 1. The molecule has 2 aromatic heterocycles. The Balaban J connectivity index is 1.39. The van der Waals surface area contributed by atoms with Gasteiger partial charge in [-0.3, -0.25) is 4.79 Å². The summed E-state index contributed by atoms with van der Waals surface area (Å²) in [5, 5.41) is 3.98. The predicted octanol–water partition coefficient (Wildman–Crippen LogP) is 5.06. The molecule has 2 heterocycles. The molecular formula is C25H25N3O4. The Hall–Kier alpha value is -3.87. The lowest BCUT2D eigenvalue weighted by Gasteiger charge is -2.22. The molecule has 0 saturated carbocycles. The molecule has 4 aromatic rings. The summed E-state index contributed by atoms with van der Waals surface area (Å²) in [6.07, 6.45) is 1.60. The van der Waals surface area contributed by atoms with Crippen molar-refractivity contribution in [3.8, 4) is 17.2 Å². The predicted molar refractivity (Wildman–Crippen MR) is 119 cm³/mol. The van der Waals surface area contributed by atoms with Crippen LogP contribution < -0.4 is 4.74 Å². The van der Waals surface area contributed by atoms with E-state index >= 15 is 0 Å². The average Bonchev–Trinajstić information content (AvgIpc) is 3.51. The van der Waals surface area contributed by atoms with Gasteiger partial charge in [0.25, 0.3) is 11.8 Å². The molecule has 0 bridgehead atoms. The fraction of sp³-hybridized carbons (Fsp3) is 0.240. The third kappa shape index (κ3) is 5.43. The molecule has 32 heavy (non-hydrogen) atoms. The number of hydrogen-bond donors (Lipinski definition) is 0. The molecule has 0 aliphatic heterocycles. The number of rotatable bonds is 9. The van der Waals surface area contributed by atoms with Crippen molar-refractivity contribution in [2.45, 2.75) is 32.9 Å². The highest BCUT2D eigenvalue weighted by Gasteiger charge is 2.17. The molecule has 2 aromatic carbocycles. The van der Waals surface area contributed by atoms with Crippen molar-refractivity contribution < 1.29 is 18.5 Å². The summed E-state index contributed by atoms with van der Waals surface area (Å²) in [5.74, 6) is 2.50. The van der Waals surface area contributed by atoms with Gasteiger partial charge in [-0.25, -0.2) is 0 Å². The molecule has 0 atom stereocenters. The first-order chi connectivity index (χ1) is 15.6. The van der Waals surface area contributed by atoms with E-state index in [1.54, 1.807) is 23.3 Å². The number of nitrogens with zero attached hydrogens (tertiary/aromatic N) is 3. The average molecular weight is 431 g/mol. The van der Waals surface area contributed by atoms with Crippen LogP contribution in [0.5, 0.6) is 5.75 Å². The normalized spacial score (nSPS) is 11.0. The maximum atomic E-state index is 12.9. The van der Waals surface area contributed by atoms with Crippen molar-refractivity contribution in [3.05, 3.63) is 90.1 Å². The lowest BCUT2D eigenvalue weighted by atomic mass is 10.2. The smallest absolute Gasteiger partial charge is 0.261 e. The van der Waals surface area contributed by atoms with Gasteiger partial charge < -0.3 is 18.6 Å². The van der Waals surface area contributed by atoms with E-state index in [4.69, 9.17) is 13.7 Å². The first-order valence-electron chi connectivity index (χ1n) is 10.5. The molecular weight excluding hydrogens is 406 g/mol. The largest absolute Gasteiger partial charge is 0.484 e. The first kappa shape index (κ1) is 21.4. The molecule has 4 rings (SSSR count). The van der Waals surface area contributed by atoms with Gasteiger partial charge in [-0.15, -0.1) is 0 Å².